The van der Waals surface area contributed by atoms with Gasteiger partial charge in [-0.05, 0) is 69.0 Å². The molecule has 9 heteroatoms. The Morgan fingerprint density at radius 1 is 1.18 bits per heavy atom. The Labute approximate surface area is 201 Å². The number of aliphatic hydroxyl groups excluding tert-OH is 1. The number of amides is 1. The summed E-state index contributed by atoms with van der Waals surface area (Å²) in [5.74, 6) is -1.81. The van der Waals surface area contributed by atoms with Crippen LogP contribution >= 0.6 is 11.6 Å². The number of fused-ring (bicyclic) bond motifs is 1. The van der Waals surface area contributed by atoms with Crippen molar-refractivity contribution in [1.29, 1.82) is 0 Å². The van der Waals surface area contributed by atoms with Crippen LogP contribution in [0.1, 0.15) is 28.6 Å². The van der Waals surface area contributed by atoms with E-state index in [0.29, 0.717) is 41.1 Å². The number of hydrogen-bond acceptors (Lipinski definition) is 7. The van der Waals surface area contributed by atoms with E-state index in [1.807, 2.05) is 19.0 Å². The van der Waals surface area contributed by atoms with E-state index in [1.165, 1.54) is 24.1 Å². The molecule has 0 bridgehead atoms. The van der Waals surface area contributed by atoms with Crippen molar-refractivity contribution < 1.29 is 29.0 Å². The van der Waals surface area contributed by atoms with Crippen LogP contribution in [0.3, 0.4) is 0 Å². The average Bonchev–Trinajstić information content (AvgIpc) is 3.32. The fourth-order valence-electron chi connectivity index (χ4n) is 4.16. The quantitative estimate of drug-likeness (QED) is 0.458. The first-order valence-corrected chi connectivity index (χ1v) is 11.1. The summed E-state index contributed by atoms with van der Waals surface area (Å²) in [7, 11) is 5.27. The Morgan fingerprint density at radius 2 is 1.94 bits per heavy atom. The van der Waals surface area contributed by atoms with Crippen molar-refractivity contribution in [1.82, 2.24) is 9.80 Å². The minimum Gasteiger partial charge on any atom is -0.504 e. The molecule has 1 atom stereocenters. The zero-order valence-electron chi connectivity index (χ0n) is 19.0. The number of benzene rings is 2. The number of phenols is 1. The van der Waals surface area contributed by atoms with Gasteiger partial charge in [-0.15, -0.1) is 0 Å². The minimum absolute atomic E-state index is 0.0236. The summed E-state index contributed by atoms with van der Waals surface area (Å²) in [4.78, 5) is 30.0. The lowest BCUT2D eigenvalue weighted by Crippen LogP contribution is -2.33. The summed E-state index contributed by atoms with van der Waals surface area (Å²) >= 11 is 6.04. The maximum atomic E-state index is 13.6. The monoisotopic (exact) mass is 484 g/mol. The van der Waals surface area contributed by atoms with Crippen molar-refractivity contribution in [2.75, 3.05) is 34.3 Å². The van der Waals surface area contributed by atoms with E-state index < -0.39 is 23.5 Å². The number of ether oxygens (including phenoxy) is 1. The lowest BCUT2D eigenvalue weighted by Gasteiger charge is -2.27. The zero-order chi connectivity index (χ0) is 24.6. The number of aromatic hydroxyl groups is 1. The van der Waals surface area contributed by atoms with Gasteiger partial charge in [0.05, 0.1) is 18.7 Å². The van der Waals surface area contributed by atoms with Gasteiger partial charge >= 0.3 is 0 Å². The van der Waals surface area contributed by atoms with Gasteiger partial charge in [-0.3, -0.25) is 9.59 Å². The molecule has 3 aromatic rings. The number of carbonyl (C=O) groups excluding carboxylic acids is 2. The highest BCUT2D eigenvalue weighted by Gasteiger charge is 2.44. The van der Waals surface area contributed by atoms with Crippen LogP contribution in [0.2, 0.25) is 5.02 Å². The van der Waals surface area contributed by atoms with Crippen LogP contribution in [0.15, 0.2) is 58.2 Å². The number of rotatable bonds is 8. The number of halogens is 1. The van der Waals surface area contributed by atoms with Gasteiger partial charge < -0.3 is 29.2 Å². The second-order valence-electron chi connectivity index (χ2n) is 8.37. The topological polar surface area (TPSA) is 103 Å². The highest BCUT2D eigenvalue weighted by atomic mass is 35.5. The maximum absolute atomic E-state index is 13.6. The summed E-state index contributed by atoms with van der Waals surface area (Å²) in [6.07, 6.45) is 0.620. The first-order valence-electron chi connectivity index (χ1n) is 10.7. The van der Waals surface area contributed by atoms with Crippen LogP contribution in [0.25, 0.3) is 11.0 Å². The van der Waals surface area contributed by atoms with Crippen molar-refractivity contribution in [3.63, 3.8) is 0 Å². The normalized spacial score (nSPS) is 16.2. The molecular weight excluding hydrogens is 460 g/mol. The van der Waals surface area contributed by atoms with Gasteiger partial charge in [0.2, 0.25) is 5.78 Å². The fraction of sp³-hybridized carbons (Fsp3) is 0.280. The number of carbonyl (C=O) groups is 2. The number of methoxy groups -OCH3 is 1. The summed E-state index contributed by atoms with van der Waals surface area (Å²) < 4.78 is 10.8. The lowest BCUT2D eigenvalue weighted by atomic mass is 9.94. The molecule has 2 N–H and O–H groups in total. The molecule has 2 heterocycles. The number of nitrogens with zero attached hydrogens (tertiary/aromatic N) is 2. The van der Waals surface area contributed by atoms with Gasteiger partial charge in [0, 0.05) is 17.0 Å². The smallest absolute Gasteiger partial charge is 0.290 e. The Balaban J connectivity index is 1.77. The molecule has 34 heavy (non-hydrogen) atoms. The molecule has 4 rings (SSSR count). The SMILES string of the molecule is COc1ccc(C2C(C(=O)c3cc4cc(Cl)ccc4o3)=C(O)C(=O)N2CCCN(C)C)cc1O. The van der Waals surface area contributed by atoms with Crippen LogP contribution in [0.5, 0.6) is 11.5 Å². The third kappa shape index (κ3) is 4.34. The van der Waals surface area contributed by atoms with Crippen molar-refractivity contribution >= 4 is 34.3 Å². The third-order valence-electron chi connectivity index (χ3n) is 5.77. The average molecular weight is 485 g/mol. The van der Waals surface area contributed by atoms with E-state index >= 15 is 0 Å². The second-order valence-corrected chi connectivity index (χ2v) is 8.81. The van der Waals surface area contributed by atoms with Crippen LogP contribution in [-0.4, -0.2) is 66.0 Å². The molecule has 2 aromatic carbocycles. The number of Topliss-reactive ketones (excluding diaryl/α,β-unsaturated/α-hetero) is 1. The first kappa shape index (κ1) is 23.7. The molecule has 1 unspecified atom stereocenters. The second kappa shape index (κ2) is 9.40. The van der Waals surface area contributed by atoms with Gasteiger partial charge in [-0.25, -0.2) is 0 Å². The molecular formula is C25H25ClN2O6. The minimum atomic E-state index is -0.907. The molecule has 1 aliphatic heterocycles. The number of ketones is 1. The van der Waals surface area contributed by atoms with E-state index in [9.17, 15) is 19.8 Å². The van der Waals surface area contributed by atoms with E-state index in [-0.39, 0.29) is 22.8 Å². The largest absolute Gasteiger partial charge is 0.504 e. The summed E-state index contributed by atoms with van der Waals surface area (Å²) in [5.41, 5.74) is 0.811. The van der Waals surface area contributed by atoms with E-state index in [4.69, 9.17) is 20.8 Å². The molecule has 0 spiro atoms. The Hall–Kier alpha value is -3.49. The van der Waals surface area contributed by atoms with Crippen LogP contribution < -0.4 is 4.74 Å². The van der Waals surface area contributed by atoms with Crippen molar-refractivity contribution in [3.8, 4) is 11.5 Å². The van der Waals surface area contributed by atoms with Gasteiger partial charge in [-0.1, -0.05) is 17.7 Å². The number of hydrogen-bond donors (Lipinski definition) is 2. The lowest BCUT2D eigenvalue weighted by molar-refractivity contribution is -0.129. The molecule has 1 aliphatic rings. The molecule has 1 amide bonds. The predicted molar refractivity (Wildman–Crippen MR) is 127 cm³/mol. The van der Waals surface area contributed by atoms with Crippen LogP contribution in [-0.2, 0) is 4.79 Å². The van der Waals surface area contributed by atoms with Crippen LogP contribution in [0, 0.1) is 0 Å². The van der Waals surface area contributed by atoms with Gasteiger partial charge in [0.1, 0.15) is 5.58 Å². The molecule has 0 saturated heterocycles. The molecule has 0 fully saturated rings. The van der Waals surface area contributed by atoms with Crippen molar-refractivity contribution in [2.24, 2.45) is 0 Å². The maximum Gasteiger partial charge on any atom is 0.290 e. The summed E-state index contributed by atoms with van der Waals surface area (Å²) in [6, 6.07) is 10.2. The molecule has 0 saturated carbocycles. The summed E-state index contributed by atoms with van der Waals surface area (Å²) in [5, 5.41) is 22.3. The number of aliphatic hydroxyl groups is 1. The Bertz CT molecular complexity index is 1300. The Kier molecular flexibility index (Phi) is 6.54. The van der Waals surface area contributed by atoms with Gasteiger partial charge in [0.25, 0.3) is 5.91 Å². The van der Waals surface area contributed by atoms with E-state index in [0.717, 1.165) is 0 Å². The third-order valence-corrected chi connectivity index (χ3v) is 6.01. The van der Waals surface area contributed by atoms with Gasteiger partial charge in [0.15, 0.2) is 23.0 Å². The number of furan rings is 1. The van der Waals surface area contributed by atoms with Crippen molar-refractivity contribution in [3.05, 3.63) is 70.1 Å². The molecule has 1 aromatic heterocycles. The highest BCUT2D eigenvalue weighted by Crippen LogP contribution is 2.42. The van der Waals surface area contributed by atoms with Crippen LogP contribution in [0.4, 0.5) is 0 Å². The summed E-state index contributed by atoms with van der Waals surface area (Å²) in [6.45, 7) is 1.00. The molecule has 178 valence electrons. The standard InChI is InChI=1S/C25H25ClN2O6/c1-27(2)9-4-10-28-22(14-5-7-19(33-3)17(29)12-14)21(24(31)25(28)32)23(30)20-13-15-11-16(26)6-8-18(15)34-20/h5-8,11-13,22,29,31H,4,9-10H2,1-3H3. The molecule has 0 radical (unpaired) electrons. The fourth-order valence-corrected chi connectivity index (χ4v) is 4.34. The highest BCUT2D eigenvalue weighted by molar-refractivity contribution is 6.31. The zero-order valence-corrected chi connectivity index (χ0v) is 19.8. The van der Waals surface area contributed by atoms with E-state index in [1.54, 1.807) is 30.3 Å². The van der Waals surface area contributed by atoms with Gasteiger partial charge in [-0.2, -0.15) is 0 Å². The number of phenolic OH excluding ortho intramolecular Hbond substituents is 1. The predicted octanol–water partition coefficient (Wildman–Crippen LogP) is 4.33. The van der Waals surface area contributed by atoms with Crippen molar-refractivity contribution in [2.45, 2.75) is 12.5 Å². The molecule has 0 aliphatic carbocycles. The molecule has 8 nitrogen and oxygen atoms in total. The van der Waals surface area contributed by atoms with E-state index in [2.05, 4.69) is 0 Å². The Morgan fingerprint density at radius 3 is 2.62 bits per heavy atom. The first-order chi connectivity index (χ1) is 16.2.